The van der Waals surface area contributed by atoms with E-state index in [1.54, 1.807) is 24.3 Å². The smallest absolute Gasteiger partial charge is 0.307 e. The van der Waals surface area contributed by atoms with Gasteiger partial charge < -0.3 is 24.8 Å². The summed E-state index contributed by atoms with van der Waals surface area (Å²) in [5.41, 5.74) is 0.904. The van der Waals surface area contributed by atoms with Crippen LogP contribution >= 0.6 is 0 Å². The second-order valence-corrected chi connectivity index (χ2v) is 5.22. The van der Waals surface area contributed by atoms with Crippen LogP contribution in [0.25, 0.3) is 0 Å². The van der Waals surface area contributed by atoms with Gasteiger partial charge in [-0.3, -0.25) is 14.4 Å². The Labute approximate surface area is 146 Å². The Morgan fingerprint density at radius 1 is 1.20 bits per heavy atom. The van der Waals surface area contributed by atoms with Crippen LogP contribution in [0.2, 0.25) is 0 Å². The summed E-state index contributed by atoms with van der Waals surface area (Å²) in [7, 11) is 1.29. The van der Waals surface area contributed by atoms with E-state index in [0.29, 0.717) is 11.3 Å². The maximum absolute atomic E-state index is 12.7. The first kappa shape index (κ1) is 20.6. The number of hydrogen-bond acceptors (Lipinski definition) is 6. The minimum absolute atomic E-state index is 0.0631. The fourth-order valence-corrected chi connectivity index (χ4v) is 2.10. The number of benzene rings is 1. The number of aliphatic hydroxyl groups is 1. The van der Waals surface area contributed by atoms with Crippen LogP contribution in [0.15, 0.2) is 24.3 Å². The fraction of sp³-hybridized carbons (Fsp3) is 0.471. The number of esters is 1. The molecule has 0 aliphatic rings. The zero-order valence-corrected chi connectivity index (χ0v) is 14.5. The van der Waals surface area contributed by atoms with Crippen molar-refractivity contribution in [2.45, 2.75) is 13.3 Å². The molecule has 0 heterocycles. The molecule has 0 aliphatic heterocycles. The average Bonchev–Trinajstić information content (AvgIpc) is 2.60. The van der Waals surface area contributed by atoms with Crippen LogP contribution in [0.4, 0.5) is 5.69 Å². The van der Waals surface area contributed by atoms with Crippen molar-refractivity contribution in [3.63, 3.8) is 0 Å². The van der Waals surface area contributed by atoms with Gasteiger partial charge in [0.15, 0.2) is 0 Å². The fourth-order valence-electron chi connectivity index (χ4n) is 2.10. The van der Waals surface area contributed by atoms with Gasteiger partial charge in [0.2, 0.25) is 5.91 Å². The quantitative estimate of drug-likeness (QED) is 0.473. The summed E-state index contributed by atoms with van der Waals surface area (Å²) >= 11 is 0. The highest BCUT2D eigenvalue weighted by atomic mass is 16.5. The third-order valence-electron chi connectivity index (χ3n) is 3.27. The van der Waals surface area contributed by atoms with E-state index in [2.05, 4.69) is 10.1 Å². The third-order valence-corrected chi connectivity index (χ3v) is 3.27. The molecule has 0 radical (unpaired) electrons. The van der Waals surface area contributed by atoms with Gasteiger partial charge in [0.05, 0.1) is 33.4 Å². The van der Waals surface area contributed by atoms with Crippen molar-refractivity contribution in [1.82, 2.24) is 4.90 Å². The number of amides is 2. The summed E-state index contributed by atoms with van der Waals surface area (Å²) in [6.45, 7) is 2.14. The first-order valence-electron chi connectivity index (χ1n) is 7.90. The number of hydrogen-bond donors (Lipinski definition) is 2. The van der Waals surface area contributed by atoms with Gasteiger partial charge in [-0.2, -0.15) is 0 Å². The highest BCUT2D eigenvalue weighted by molar-refractivity contribution is 5.97. The topological polar surface area (TPSA) is 105 Å². The second-order valence-electron chi connectivity index (χ2n) is 5.22. The molecule has 8 nitrogen and oxygen atoms in total. The Hall–Kier alpha value is -2.45. The number of carbonyl (C=O) groups is 3. The molecule has 1 aromatic carbocycles. The monoisotopic (exact) mass is 352 g/mol. The molecule has 0 saturated carbocycles. The first-order chi connectivity index (χ1) is 12.0. The molecule has 0 aliphatic carbocycles. The van der Waals surface area contributed by atoms with Gasteiger partial charge >= 0.3 is 5.97 Å². The van der Waals surface area contributed by atoms with Crippen molar-refractivity contribution in [3.05, 3.63) is 29.8 Å². The summed E-state index contributed by atoms with van der Waals surface area (Å²) in [6.07, 6.45) is 0.0631. The van der Waals surface area contributed by atoms with Crippen molar-refractivity contribution < 1.29 is 29.0 Å². The van der Waals surface area contributed by atoms with Crippen molar-refractivity contribution in [2.75, 3.05) is 45.3 Å². The summed E-state index contributed by atoms with van der Waals surface area (Å²) < 4.78 is 9.80. The van der Waals surface area contributed by atoms with Crippen LogP contribution < -0.4 is 5.32 Å². The van der Waals surface area contributed by atoms with E-state index >= 15 is 0 Å². The summed E-state index contributed by atoms with van der Waals surface area (Å²) in [6, 6.07) is 6.55. The predicted octanol–water partition coefficient (Wildman–Crippen LogP) is 0.659. The maximum atomic E-state index is 12.7. The van der Waals surface area contributed by atoms with E-state index in [9.17, 15) is 14.4 Å². The Morgan fingerprint density at radius 2 is 1.96 bits per heavy atom. The number of nitrogens with zero attached hydrogens (tertiary/aromatic N) is 1. The van der Waals surface area contributed by atoms with Crippen molar-refractivity contribution in [1.29, 1.82) is 0 Å². The molecule has 25 heavy (non-hydrogen) atoms. The molecule has 0 spiro atoms. The van der Waals surface area contributed by atoms with Crippen molar-refractivity contribution in [2.24, 2.45) is 0 Å². The molecule has 8 heteroatoms. The molecule has 2 N–H and O–H groups in total. The van der Waals surface area contributed by atoms with Crippen molar-refractivity contribution >= 4 is 23.5 Å². The Balaban J connectivity index is 2.81. The molecular formula is C17H24N2O6. The van der Waals surface area contributed by atoms with Crippen LogP contribution in [-0.2, 0) is 19.1 Å². The Morgan fingerprint density at radius 3 is 2.60 bits per heavy atom. The number of rotatable bonds is 10. The van der Waals surface area contributed by atoms with Gasteiger partial charge in [-0.25, -0.2) is 0 Å². The maximum Gasteiger partial charge on any atom is 0.307 e. The van der Waals surface area contributed by atoms with Crippen LogP contribution in [0, 0.1) is 0 Å². The minimum atomic E-state index is -0.416. The van der Waals surface area contributed by atoms with E-state index in [1.807, 2.05) is 0 Å². The molecule has 0 aromatic heterocycles. The van der Waals surface area contributed by atoms with Gasteiger partial charge in [0.25, 0.3) is 5.91 Å². The molecule has 0 bridgehead atoms. The molecule has 1 aromatic rings. The normalized spacial score (nSPS) is 10.2. The molecule has 138 valence electrons. The molecule has 0 unspecified atom stereocenters. The Kier molecular flexibility index (Phi) is 9.20. The standard InChI is InChI=1S/C17H24N2O6/c1-13(21)18-15-5-3-4-14(12-15)17(23)19(7-6-16(22)24-2)8-10-25-11-9-20/h3-5,12,20H,6-11H2,1-2H3,(H,18,21). The Bertz CT molecular complexity index is 590. The summed E-state index contributed by atoms with van der Waals surface area (Å²) in [5, 5.41) is 11.4. The van der Waals surface area contributed by atoms with Crippen molar-refractivity contribution in [3.8, 4) is 0 Å². The lowest BCUT2D eigenvalue weighted by Gasteiger charge is -2.22. The lowest BCUT2D eigenvalue weighted by atomic mass is 10.1. The largest absolute Gasteiger partial charge is 0.469 e. The summed E-state index contributed by atoms with van der Waals surface area (Å²) in [5.74, 6) is -0.936. The zero-order valence-electron chi connectivity index (χ0n) is 14.5. The molecule has 2 amide bonds. The van der Waals surface area contributed by atoms with Crippen LogP contribution in [0.1, 0.15) is 23.7 Å². The minimum Gasteiger partial charge on any atom is -0.469 e. The van der Waals surface area contributed by atoms with Crippen LogP contribution in [0.5, 0.6) is 0 Å². The van der Waals surface area contributed by atoms with E-state index in [4.69, 9.17) is 9.84 Å². The summed E-state index contributed by atoms with van der Waals surface area (Å²) in [4.78, 5) is 36.7. The average molecular weight is 352 g/mol. The van der Waals surface area contributed by atoms with E-state index in [1.165, 1.54) is 18.9 Å². The van der Waals surface area contributed by atoms with Crippen LogP contribution in [-0.4, -0.2) is 67.8 Å². The number of anilines is 1. The van der Waals surface area contributed by atoms with E-state index in [-0.39, 0.29) is 51.1 Å². The van der Waals surface area contributed by atoms with Crippen LogP contribution in [0.3, 0.4) is 0 Å². The van der Waals surface area contributed by atoms with Gasteiger partial charge in [0.1, 0.15) is 0 Å². The number of nitrogens with one attached hydrogen (secondary N) is 1. The van der Waals surface area contributed by atoms with Gasteiger partial charge in [-0.1, -0.05) is 6.07 Å². The molecule has 1 rings (SSSR count). The molecule has 0 saturated heterocycles. The van der Waals surface area contributed by atoms with Gasteiger partial charge in [-0.05, 0) is 18.2 Å². The number of carbonyl (C=O) groups excluding carboxylic acids is 3. The zero-order chi connectivity index (χ0) is 18.7. The number of ether oxygens (including phenoxy) is 2. The third kappa shape index (κ3) is 7.77. The first-order valence-corrected chi connectivity index (χ1v) is 7.90. The highest BCUT2D eigenvalue weighted by Crippen LogP contribution is 2.13. The lowest BCUT2D eigenvalue weighted by Crippen LogP contribution is -2.36. The number of aliphatic hydroxyl groups excluding tert-OH is 1. The van der Waals surface area contributed by atoms with Gasteiger partial charge in [0, 0.05) is 31.3 Å². The number of methoxy groups -OCH3 is 1. The lowest BCUT2D eigenvalue weighted by molar-refractivity contribution is -0.140. The van der Waals surface area contributed by atoms with E-state index in [0.717, 1.165) is 0 Å². The SMILES string of the molecule is COC(=O)CCN(CCOCCO)C(=O)c1cccc(NC(C)=O)c1. The molecular weight excluding hydrogens is 328 g/mol. The predicted molar refractivity (Wildman–Crippen MR) is 91.2 cm³/mol. The second kappa shape index (κ2) is 11.2. The highest BCUT2D eigenvalue weighted by Gasteiger charge is 2.17. The molecule has 0 fully saturated rings. The van der Waals surface area contributed by atoms with Gasteiger partial charge in [-0.15, -0.1) is 0 Å². The van der Waals surface area contributed by atoms with E-state index < -0.39 is 5.97 Å². The molecule has 0 atom stereocenters.